The molecule has 1 unspecified atom stereocenters. The van der Waals surface area contributed by atoms with Gasteiger partial charge in [0.05, 0.1) is 13.1 Å². The van der Waals surface area contributed by atoms with Gasteiger partial charge < -0.3 is 10.1 Å². The molecule has 0 radical (unpaired) electrons. The molecule has 3 amide bonds. The molecule has 0 spiro atoms. The highest BCUT2D eigenvalue weighted by Gasteiger charge is 2.24. The number of hydrogen-bond donors (Lipinski definition) is 1. The lowest BCUT2D eigenvalue weighted by molar-refractivity contribution is 0.0630. The number of imide groups is 1. The maximum absolute atomic E-state index is 12.8. The van der Waals surface area contributed by atoms with E-state index in [4.69, 9.17) is 4.74 Å². The fourth-order valence-electron chi connectivity index (χ4n) is 3.32. The number of rotatable bonds is 20. The summed E-state index contributed by atoms with van der Waals surface area (Å²) in [6, 6.07) is -0.431. The number of nitrogens with one attached hydrogen (secondary N) is 1. The Hall–Kier alpha value is -2.50. The second kappa shape index (κ2) is 22.7. The van der Waals surface area contributed by atoms with E-state index in [9.17, 15) is 19.2 Å². The third-order valence-electron chi connectivity index (χ3n) is 5.32. The van der Waals surface area contributed by atoms with Crippen molar-refractivity contribution >= 4 is 24.3 Å². The summed E-state index contributed by atoms with van der Waals surface area (Å²) in [6.45, 7) is 5.80. The van der Waals surface area contributed by atoms with Crippen LogP contribution in [0.1, 0.15) is 97.3 Å². The smallest absolute Gasteiger partial charge is 0.418 e. The maximum atomic E-state index is 12.8. The molecule has 0 saturated heterocycles. The van der Waals surface area contributed by atoms with E-state index >= 15 is 0 Å². The zero-order valence-corrected chi connectivity index (χ0v) is 20.5. The summed E-state index contributed by atoms with van der Waals surface area (Å²) in [4.78, 5) is 53.8. The lowest BCUT2D eigenvalue weighted by Crippen LogP contribution is -2.45. The van der Waals surface area contributed by atoms with Gasteiger partial charge in [-0.3, -0.25) is 0 Å². The quantitative estimate of drug-likeness (QED) is 0.149. The number of urea groups is 1. The van der Waals surface area contributed by atoms with E-state index in [1.54, 1.807) is 0 Å². The summed E-state index contributed by atoms with van der Waals surface area (Å²) >= 11 is 0. The minimum Gasteiger partial charge on any atom is -0.446 e. The third-order valence-corrected chi connectivity index (χ3v) is 5.32. The van der Waals surface area contributed by atoms with E-state index in [1.807, 2.05) is 6.92 Å². The van der Waals surface area contributed by atoms with Crippen molar-refractivity contribution in [2.24, 2.45) is 9.98 Å². The highest BCUT2D eigenvalue weighted by Crippen LogP contribution is 2.13. The number of hydrogen-bond acceptors (Lipinski definition) is 7. The zero-order valence-electron chi connectivity index (χ0n) is 20.5. The normalized spacial score (nSPS) is 11.1. The first kappa shape index (κ1) is 30.5. The highest BCUT2D eigenvalue weighted by molar-refractivity contribution is 5.90. The molecule has 0 aliphatic carbocycles. The molecular formula is C24H42N4O5. The summed E-state index contributed by atoms with van der Waals surface area (Å²) in [7, 11) is 0. The second-order valence-corrected chi connectivity index (χ2v) is 8.07. The molecule has 1 N–H and O–H groups in total. The molecule has 0 aromatic heterocycles. The fourth-order valence-corrected chi connectivity index (χ4v) is 3.32. The Bertz CT molecular complexity index is 616. The van der Waals surface area contributed by atoms with Crippen LogP contribution in [0.3, 0.4) is 0 Å². The van der Waals surface area contributed by atoms with E-state index in [1.165, 1.54) is 17.1 Å². The van der Waals surface area contributed by atoms with E-state index in [0.717, 1.165) is 77.0 Å². The average Bonchev–Trinajstić information content (AvgIpc) is 2.81. The molecule has 0 bridgehead atoms. The average molecular weight is 467 g/mol. The number of nitrogens with zero attached hydrogens (tertiary/aromatic N) is 3. The Labute approximate surface area is 198 Å². The van der Waals surface area contributed by atoms with Gasteiger partial charge in [-0.05, 0) is 44.9 Å². The van der Waals surface area contributed by atoms with Crippen molar-refractivity contribution in [2.45, 2.75) is 103 Å². The molecule has 0 aliphatic rings. The molecule has 0 aliphatic heterocycles. The molecule has 188 valence electrons. The van der Waals surface area contributed by atoms with Crippen molar-refractivity contribution in [3.63, 3.8) is 0 Å². The molecule has 9 nitrogen and oxygen atoms in total. The molecule has 0 aromatic rings. The molecule has 1 atom stereocenters. The van der Waals surface area contributed by atoms with E-state index in [0.29, 0.717) is 26.1 Å². The Morgan fingerprint density at radius 1 is 0.848 bits per heavy atom. The first-order chi connectivity index (χ1) is 16.1. The molecule has 33 heavy (non-hydrogen) atoms. The largest absolute Gasteiger partial charge is 0.446 e. The maximum Gasteiger partial charge on any atom is 0.418 e. The van der Waals surface area contributed by atoms with Crippen LogP contribution in [-0.4, -0.2) is 61.5 Å². The first-order valence-corrected chi connectivity index (χ1v) is 12.4. The van der Waals surface area contributed by atoms with Crippen molar-refractivity contribution < 1.29 is 23.9 Å². The number of carbonyl (C=O) groups is 2. The number of ether oxygens (including phenoxy) is 1. The van der Waals surface area contributed by atoms with Crippen molar-refractivity contribution in [1.29, 1.82) is 0 Å². The van der Waals surface area contributed by atoms with Gasteiger partial charge in [0.15, 0.2) is 0 Å². The van der Waals surface area contributed by atoms with Gasteiger partial charge >= 0.3 is 12.1 Å². The van der Waals surface area contributed by atoms with Gasteiger partial charge in [-0.15, -0.1) is 0 Å². The van der Waals surface area contributed by atoms with Gasteiger partial charge in [-0.1, -0.05) is 52.4 Å². The standard InChI is InChI=1S/C24H42N4O5/c1-3-5-10-15-22(4-2)33-24(32)28(19-14-9-8-12-17-26-21-30)23(31)27-18-13-7-6-11-16-25-20-29/h22H,3-19H2,1-2H3,(H,27,31). The number of unbranched alkanes of at least 4 members (excludes halogenated alkanes) is 8. The van der Waals surface area contributed by atoms with Crippen LogP contribution in [0.2, 0.25) is 0 Å². The molecule has 0 aromatic carbocycles. The van der Waals surface area contributed by atoms with Crippen LogP contribution in [0.5, 0.6) is 0 Å². The van der Waals surface area contributed by atoms with Gasteiger partial charge in [0, 0.05) is 13.1 Å². The highest BCUT2D eigenvalue weighted by atomic mass is 16.6. The van der Waals surface area contributed by atoms with Gasteiger partial charge in [0.1, 0.15) is 6.10 Å². The summed E-state index contributed by atoms with van der Waals surface area (Å²) in [5.41, 5.74) is 0. The summed E-state index contributed by atoms with van der Waals surface area (Å²) in [5.74, 6) is 0. The van der Waals surface area contributed by atoms with Crippen LogP contribution < -0.4 is 5.32 Å². The molecule has 9 heteroatoms. The summed E-state index contributed by atoms with van der Waals surface area (Å²) in [6.07, 6.45) is 13.5. The van der Waals surface area contributed by atoms with Crippen LogP contribution in [0.15, 0.2) is 9.98 Å². The van der Waals surface area contributed by atoms with Gasteiger partial charge in [-0.25, -0.2) is 34.1 Å². The SMILES string of the molecule is CCCCCC(CC)OC(=O)N(CCCCCCN=C=O)C(=O)NCCCCCCN=C=O. The minimum absolute atomic E-state index is 0.186. The molecule has 0 fully saturated rings. The Morgan fingerprint density at radius 2 is 1.45 bits per heavy atom. The number of isocyanates is 2. The van der Waals surface area contributed by atoms with Gasteiger partial charge in [0.2, 0.25) is 12.2 Å². The molecular weight excluding hydrogens is 424 g/mol. The van der Waals surface area contributed by atoms with Crippen LogP contribution in [0, 0.1) is 0 Å². The molecule has 0 rings (SSSR count). The van der Waals surface area contributed by atoms with E-state index in [2.05, 4.69) is 22.2 Å². The number of amides is 3. The van der Waals surface area contributed by atoms with Crippen LogP contribution in [0.4, 0.5) is 9.59 Å². The molecule has 0 heterocycles. The zero-order chi connectivity index (χ0) is 24.6. The second-order valence-electron chi connectivity index (χ2n) is 8.07. The van der Waals surface area contributed by atoms with E-state index in [-0.39, 0.29) is 12.6 Å². The molecule has 0 saturated carbocycles. The summed E-state index contributed by atoms with van der Waals surface area (Å²) in [5, 5.41) is 2.82. The predicted molar refractivity (Wildman–Crippen MR) is 128 cm³/mol. The van der Waals surface area contributed by atoms with Crippen LogP contribution >= 0.6 is 0 Å². The van der Waals surface area contributed by atoms with Crippen molar-refractivity contribution in [2.75, 3.05) is 26.2 Å². The Morgan fingerprint density at radius 3 is 2.03 bits per heavy atom. The first-order valence-electron chi connectivity index (χ1n) is 12.4. The summed E-state index contributed by atoms with van der Waals surface area (Å²) < 4.78 is 5.65. The van der Waals surface area contributed by atoms with E-state index < -0.39 is 12.1 Å². The van der Waals surface area contributed by atoms with Gasteiger partial charge in [0.25, 0.3) is 0 Å². The van der Waals surface area contributed by atoms with Gasteiger partial charge in [-0.2, -0.15) is 0 Å². The third kappa shape index (κ3) is 17.7. The predicted octanol–water partition coefficient (Wildman–Crippen LogP) is 5.29. The fraction of sp³-hybridized carbons (Fsp3) is 0.833. The minimum atomic E-state index is -0.590. The van der Waals surface area contributed by atoms with Crippen molar-refractivity contribution in [3.8, 4) is 0 Å². The van der Waals surface area contributed by atoms with Crippen LogP contribution in [-0.2, 0) is 14.3 Å². The number of carbonyl (C=O) groups excluding carboxylic acids is 4. The lowest BCUT2D eigenvalue weighted by atomic mass is 10.1. The topological polar surface area (TPSA) is 118 Å². The van der Waals surface area contributed by atoms with Crippen molar-refractivity contribution in [1.82, 2.24) is 10.2 Å². The Kier molecular flexibility index (Phi) is 21.0. The monoisotopic (exact) mass is 466 g/mol. The Balaban J connectivity index is 4.60. The number of aliphatic imine (C=N–C) groups is 2. The lowest BCUT2D eigenvalue weighted by Gasteiger charge is -2.24. The van der Waals surface area contributed by atoms with Crippen LogP contribution in [0.25, 0.3) is 0 Å². The van der Waals surface area contributed by atoms with Crippen molar-refractivity contribution in [3.05, 3.63) is 0 Å².